The number of nitro benzene ring substituents is 1. The lowest BCUT2D eigenvalue weighted by atomic mass is 9.87. The molecule has 1 aromatic heterocycles. The van der Waals surface area contributed by atoms with E-state index in [9.17, 15) is 24.5 Å². The molecule has 0 radical (unpaired) electrons. The van der Waals surface area contributed by atoms with Crippen LogP contribution in [0.25, 0.3) is 10.9 Å². The fourth-order valence-electron chi connectivity index (χ4n) is 3.55. The molecule has 2 amide bonds. The molecule has 0 fully saturated rings. The zero-order valence-electron chi connectivity index (χ0n) is 17.8. The Morgan fingerprint density at radius 2 is 1.82 bits per heavy atom. The lowest BCUT2D eigenvalue weighted by Crippen LogP contribution is -2.48. The molecule has 33 heavy (non-hydrogen) atoms. The number of carbonyl (C=O) groups is 3. The van der Waals surface area contributed by atoms with Gasteiger partial charge in [-0.25, -0.2) is 0 Å². The van der Waals surface area contributed by atoms with Gasteiger partial charge in [0.25, 0.3) is 11.6 Å². The number of nitrogens with zero attached hydrogens (tertiary/aromatic N) is 2. The van der Waals surface area contributed by atoms with E-state index in [0.29, 0.717) is 11.1 Å². The molecule has 1 heterocycles. The number of aromatic nitrogens is 1. The maximum atomic E-state index is 13.1. The van der Waals surface area contributed by atoms with Crippen LogP contribution in [-0.4, -0.2) is 40.3 Å². The molecule has 0 unspecified atom stereocenters. The van der Waals surface area contributed by atoms with Crippen molar-refractivity contribution < 1.29 is 24.0 Å². The molecular weight excluding hydrogens is 428 g/mol. The number of nitrogens with two attached hydrogens (primary N) is 1. The maximum Gasteiger partial charge on any atom is 0.306 e. The highest BCUT2D eigenvalue weighted by atomic mass is 16.6. The van der Waals surface area contributed by atoms with E-state index in [2.05, 4.69) is 10.3 Å². The first-order valence-electron chi connectivity index (χ1n) is 10.2. The third-order valence-corrected chi connectivity index (χ3v) is 5.10. The number of esters is 1. The zero-order valence-corrected chi connectivity index (χ0v) is 17.8. The first-order chi connectivity index (χ1) is 15.8. The standard InChI is InChI=1S/C23H22N4O6/c1-2-33-19(28)13-18(14-8-10-16(11-9-14)27(31)32)21(22(24)29)26-23(30)17-7-3-5-15-6-4-12-25-20(15)17/h3-12,18,21H,2,13H2,1H3,(H2,24,29)(H,26,30)/t18-,21-/m1/s1. The van der Waals surface area contributed by atoms with Crippen molar-refractivity contribution in [3.8, 4) is 0 Å². The summed E-state index contributed by atoms with van der Waals surface area (Å²) < 4.78 is 5.01. The smallest absolute Gasteiger partial charge is 0.306 e. The summed E-state index contributed by atoms with van der Waals surface area (Å²) in [6, 6.07) is 12.6. The van der Waals surface area contributed by atoms with E-state index in [-0.39, 0.29) is 24.3 Å². The van der Waals surface area contributed by atoms with Crippen LogP contribution in [0.3, 0.4) is 0 Å². The highest BCUT2D eigenvalue weighted by Gasteiger charge is 2.33. The highest BCUT2D eigenvalue weighted by Crippen LogP contribution is 2.27. The van der Waals surface area contributed by atoms with Gasteiger partial charge in [0.15, 0.2) is 0 Å². The highest BCUT2D eigenvalue weighted by molar-refractivity contribution is 6.06. The maximum absolute atomic E-state index is 13.1. The van der Waals surface area contributed by atoms with Crippen LogP contribution in [0.2, 0.25) is 0 Å². The predicted molar refractivity (Wildman–Crippen MR) is 119 cm³/mol. The molecule has 3 aromatic rings. The molecule has 3 N–H and O–H groups in total. The normalized spacial score (nSPS) is 12.5. The number of amides is 2. The predicted octanol–water partition coefficient (Wildman–Crippen LogP) is 2.46. The van der Waals surface area contributed by atoms with Crippen molar-refractivity contribution in [3.05, 3.63) is 82.0 Å². The molecule has 2 atom stereocenters. The summed E-state index contributed by atoms with van der Waals surface area (Å²) in [5.41, 5.74) is 6.54. The van der Waals surface area contributed by atoms with E-state index in [1.807, 2.05) is 0 Å². The van der Waals surface area contributed by atoms with Crippen LogP contribution < -0.4 is 11.1 Å². The van der Waals surface area contributed by atoms with Crippen LogP contribution in [0.1, 0.15) is 35.2 Å². The third kappa shape index (κ3) is 5.48. The molecule has 0 saturated heterocycles. The average Bonchev–Trinajstić information content (AvgIpc) is 2.80. The number of nitrogens with one attached hydrogen (secondary N) is 1. The lowest BCUT2D eigenvalue weighted by molar-refractivity contribution is -0.384. The van der Waals surface area contributed by atoms with Crippen molar-refractivity contribution in [2.75, 3.05) is 6.61 Å². The summed E-state index contributed by atoms with van der Waals surface area (Å²) in [5.74, 6) is -2.98. The van der Waals surface area contributed by atoms with E-state index in [1.165, 1.54) is 24.3 Å². The largest absolute Gasteiger partial charge is 0.466 e. The summed E-state index contributed by atoms with van der Waals surface area (Å²) in [5, 5.41) is 14.3. The van der Waals surface area contributed by atoms with Gasteiger partial charge in [0, 0.05) is 29.6 Å². The number of primary amides is 1. The van der Waals surface area contributed by atoms with Gasteiger partial charge in [-0.2, -0.15) is 0 Å². The second-order valence-electron chi connectivity index (χ2n) is 7.20. The van der Waals surface area contributed by atoms with E-state index in [4.69, 9.17) is 10.5 Å². The molecule has 3 rings (SSSR count). The van der Waals surface area contributed by atoms with Crippen molar-refractivity contribution in [2.24, 2.45) is 5.73 Å². The lowest BCUT2D eigenvalue weighted by Gasteiger charge is -2.25. The molecule has 0 aliphatic heterocycles. The Balaban J connectivity index is 1.97. The zero-order chi connectivity index (χ0) is 24.0. The van der Waals surface area contributed by atoms with Crippen molar-refractivity contribution >= 4 is 34.4 Å². The molecule has 10 heteroatoms. The molecule has 0 aliphatic carbocycles. The second kappa shape index (κ2) is 10.3. The monoisotopic (exact) mass is 450 g/mol. The first kappa shape index (κ1) is 23.3. The van der Waals surface area contributed by atoms with Gasteiger partial charge in [-0.15, -0.1) is 0 Å². The number of hydrogen-bond acceptors (Lipinski definition) is 7. The number of rotatable bonds is 9. The quantitative estimate of drug-likeness (QED) is 0.288. The van der Waals surface area contributed by atoms with Crippen molar-refractivity contribution in [1.29, 1.82) is 0 Å². The van der Waals surface area contributed by atoms with Crippen LogP contribution in [-0.2, 0) is 14.3 Å². The van der Waals surface area contributed by atoms with E-state index < -0.39 is 34.7 Å². The molecule has 0 aliphatic rings. The Morgan fingerprint density at radius 1 is 1.12 bits per heavy atom. The van der Waals surface area contributed by atoms with Crippen LogP contribution in [0.4, 0.5) is 5.69 Å². The summed E-state index contributed by atoms with van der Waals surface area (Å²) in [7, 11) is 0. The Morgan fingerprint density at radius 3 is 2.45 bits per heavy atom. The SMILES string of the molecule is CCOC(=O)C[C@H](c1ccc([N+](=O)[O-])cc1)[C@@H](NC(=O)c1cccc2cccnc12)C(N)=O. The Hall–Kier alpha value is -4.34. The van der Waals surface area contributed by atoms with Crippen LogP contribution in [0.5, 0.6) is 0 Å². The van der Waals surface area contributed by atoms with Gasteiger partial charge in [0.1, 0.15) is 6.04 Å². The number of para-hydroxylation sites is 1. The van der Waals surface area contributed by atoms with Gasteiger partial charge in [0.05, 0.1) is 29.0 Å². The molecule has 0 bridgehead atoms. The Bertz CT molecular complexity index is 1190. The molecule has 170 valence electrons. The van der Waals surface area contributed by atoms with Gasteiger partial charge >= 0.3 is 5.97 Å². The molecular formula is C23H22N4O6. The summed E-state index contributed by atoms with van der Waals surface area (Å²) in [4.78, 5) is 52.4. The number of hydrogen-bond donors (Lipinski definition) is 2. The van der Waals surface area contributed by atoms with Crippen LogP contribution >= 0.6 is 0 Å². The van der Waals surface area contributed by atoms with E-state index in [0.717, 1.165) is 5.39 Å². The van der Waals surface area contributed by atoms with E-state index in [1.54, 1.807) is 43.5 Å². The minimum Gasteiger partial charge on any atom is -0.466 e. The van der Waals surface area contributed by atoms with Crippen molar-refractivity contribution in [1.82, 2.24) is 10.3 Å². The number of pyridine rings is 1. The number of fused-ring (bicyclic) bond motifs is 1. The van der Waals surface area contributed by atoms with Crippen molar-refractivity contribution in [2.45, 2.75) is 25.3 Å². The second-order valence-corrected chi connectivity index (χ2v) is 7.20. The van der Waals surface area contributed by atoms with Gasteiger partial charge < -0.3 is 15.8 Å². The van der Waals surface area contributed by atoms with Crippen LogP contribution in [0.15, 0.2) is 60.8 Å². The van der Waals surface area contributed by atoms with E-state index >= 15 is 0 Å². The molecule has 0 saturated carbocycles. The average molecular weight is 450 g/mol. The summed E-state index contributed by atoms with van der Waals surface area (Å²) in [6.45, 7) is 1.76. The Labute approximate surface area is 188 Å². The summed E-state index contributed by atoms with van der Waals surface area (Å²) >= 11 is 0. The fourth-order valence-corrected chi connectivity index (χ4v) is 3.55. The Kier molecular flexibility index (Phi) is 7.29. The number of ether oxygens (including phenoxy) is 1. The first-order valence-corrected chi connectivity index (χ1v) is 10.2. The fraction of sp³-hybridized carbons (Fsp3) is 0.217. The topological polar surface area (TPSA) is 155 Å². The molecule has 2 aromatic carbocycles. The molecule has 10 nitrogen and oxygen atoms in total. The molecule has 0 spiro atoms. The minimum atomic E-state index is -1.29. The van der Waals surface area contributed by atoms with Gasteiger partial charge in [-0.05, 0) is 24.6 Å². The van der Waals surface area contributed by atoms with Crippen LogP contribution in [0, 0.1) is 10.1 Å². The number of carbonyl (C=O) groups excluding carboxylic acids is 3. The van der Waals surface area contributed by atoms with Gasteiger partial charge in [0.2, 0.25) is 5.91 Å². The van der Waals surface area contributed by atoms with Gasteiger partial charge in [-0.3, -0.25) is 29.5 Å². The van der Waals surface area contributed by atoms with Gasteiger partial charge in [-0.1, -0.05) is 30.3 Å². The summed E-state index contributed by atoms with van der Waals surface area (Å²) in [6.07, 6.45) is 1.28. The number of nitro groups is 1. The number of benzene rings is 2. The van der Waals surface area contributed by atoms with Crippen molar-refractivity contribution in [3.63, 3.8) is 0 Å². The minimum absolute atomic E-state index is 0.126. The number of non-ortho nitro benzene ring substituents is 1. The third-order valence-electron chi connectivity index (χ3n) is 5.10.